The van der Waals surface area contributed by atoms with Crippen LogP contribution in [0.25, 0.3) is 0 Å². The summed E-state index contributed by atoms with van der Waals surface area (Å²) in [7, 11) is 0. The Kier molecular flexibility index (Phi) is 10.4. The number of guanidine groups is 1. The zero-order valence-corrected chi connectivity index (χ0v) is 19.4. The molecule has 1 heterocycles. The summed E-state index contributed by atoms with van der Waals surface area (Å²) >= 11 is 5.11. The minimum absolute atomic E-state index is 0. The monoisotopic (exact) mass is 538 g/mol. The molecule has 0 saturated carbocycles. The van der Waals surface area contributed by atoms with Gasteiger partial charge < -0.3 is 15.4 Å². The van der Waals surface area contributed by atoms with E-state index in [0.717, 1.165) is 33.4 Å². The number of hydrogen-bond acceptors (Lipinski definition) is 4. The molecule has 2 rings (SSSR count). The van der Waals surface area contributed by atoms with Crippen molar-refractivity contribution in [2.75, 3.05) is 19.7 Å². The van der Waals surface area contributed by atoms with E-state index in [1.165, 1.54) is 4.88 Å². The van der Waals surface area contributed by atoms with Crippen molar-refractivity contribution in [2.45, 2.75) is 27.3 Å². The predicted molar refractivity (Wildman–Crippen MR) is 119 cm³/mol. The standard InChI is InChI=1S/C17H23BrN4OS.HI/c1-4-19-17(21-11-16-22-12(2)13(3)24-16)20-9-10-23-15-7-5-14(18)6-8-15;/h5-8H,4,9-11H2,1-3H3,(H2,19,20,21);1H. The lowest BCUT2D eigenvalue weighted by Crippen LogP contribution is -2.39. The first kappa shape index (κ1) is 22.2. The second kappa shape index (κ2) is 11.7. The highest BCUT2D eigenvalue weighted by Gasteiger charge is 2.04. The first-order valence-electron chi connectivity index (χ1n) is 7.92. The van der Waals surface area contributed by atoms with Gasteiger partial charge in [-0.15, -0.1) is 35.3 Å². The maximum atomic E-state index is 5.69. The van der Waals surface area contributed by atoms with Gasteiger partial charge in [0.05, 0.1) is 18.8 Å². The van der Waals surface area contributed by atoms with E-state index in [9.17, 15) is 0 Å². The Morgan fingerprint density at radius 3 is 2.56 bits per heavy atom. The fourth-order valence-electron chi connectivity index (χ4n) is 1.96. The van der Waals surface area contributed by atoms with Crippen molar-refractivity contribution >= 4 is 57.2 Å². The van der Waals surface area contributed by atoms with E-state index >= 15 is 0 Å². The maximum absolute atomic E-state index is 5.69. The van der Waals surface area contributed by atoms with Crippen LogP contribution >= 0.6 is 51.2 Å². The quantitative estimate of drug-likeness (QED) is 0.239. The summed E-state index contributed by atoms with van der Waals surface area (Å²) in [6.07, 6.45) is 0. The zero-order chi connectivity index (χ0) is 17.4. The number of rotatable bonds is 7. The molecule has 0 unspecified atom stereocenters. The Hall–Kier alpha value is -0.870. The van der Waals surface area contributed by atoms with Crippen molar-refractivity contribution in [3.8, 4) is 5.75 Å². The third-order valence-electron chi connectivity index (χ3n) is 3.27. The normalized spacial score (nSPS) is 11.0. The highest BCUT2D eigenvalue weighted by molar-refractivity contribution is 14.0. The zero-order valence-electron chi connectivity index (χ0n) is 14.6. The summed E-state index contributed by atoms with van der Waals surface area (Å²) in [6, 6.07) is 7.81. The van der Waals surface area contributed by atoms with Crippen LogP contribution in [0.5, 0.6) is 5.75 Å². The maximum Gasteiger partial charge on any atom is 0.191 e. The van der Waals surface area contributed by atoms with E-state index < -0.39 is 0 Å². The van der Waals surface area contributed by atoms with Gasteiger partial charge in [-0.3, -0.25) is 0 Å². The smallest absolute Gasteiger partial charge is 0.191 e. The van der Waals surface area contributed by atoms with Crippen LogP contribution in [0.15, 0.2) is 33.7 Å². The fourth-order valence-corrected chi connectivity index (χ4v) is 3.09. The Morgan fingerprint density at radius 1 is 1.24 bits per heavy atom. The van der Waals surface area contributed by atoms with Crippen LogP contribution in [-0.2, 0) is 6.54 Å². The average molecular weight is 539 g/mol. The third-order valence-corrected chi connectivity index (χ3v) is 4.85. The lowest BCUT2D eigenvalue weighted by Gasteiger charge is -2.11. The molecule has 2 N–H and O–H groups in total. The highest BCUT2D eigenvalue weighted by Crippen LogP contribution is 2.17. The Bertz CT molecular complexity index is 656. The molecule has 1 aromatic heterocycles. The molecule has 0 amide bonds. The summed E-state index contributed by atoms with van der Waals surface area (Å²) in [4.78, 5) is 10.3. The minimum atomic E-state index is 0. The second-order valence-electron chi connectivity index (χ2n) is 5.17. The average Bonchev–Trinajstić information content (AvgIpc) is 2.89. The van der Waals surface area contributed by atoms with Gasteiger partial charge >= 0.3 is 0 Å². The summed E-state index contributed by atoms with van der Waals surface area (Å²) in [5.41, 5.74) is 1.09. The van der Waals surface area contributed by atoms with E-state index in [-0.39, 0.29) is 24.0 Å². The van der Waals surface area contributed by atoms with E-state index in [4.69, 9.17) is 4.74 Å². The van der Waals surface area contributed by atoms with Gasteiger partial charge in [0.1, 0.15) is 17.4 Å². The van der Waals surface area contributed by atoms with Gasteiger partial charge in [-0.25, -0.2) is 9.98 Å². The molecule has 25 heavy (non-hydrogen) atoms. The summed E-state index contributed by atoms with van der Waals surface area (Å²) in [6.45, 7) is 8.81. The van der Waals surface area contributed by atoms with Gasteiger partial charge in [-0.05, 0) is 45.0 Å². The molecule has 2 aromatic rings. The largest absolute Gasteiger partial charge is 0.492 e. The molecule has 5 nitrogen and oxygen atoms in total. The molecule has 0 atom stereocenters. The van der Waals surface area contributed by atoms with Crippen molar-refractivity contribution in [1.82, 2.24) is 15.6 Å². The predicted octanol–water partition coefficient (Wildman–Crippen LogP) is 4.27. The van der Waals surface area contributed by atoms with Gasteiger partial charge in [0.15, 0.2) is 5.96 Å². The Labute approximate surface area is 178 Å². The molecule has 138 valence electrons. The second-order valence-corrected chi connectivity index (χ2v) is 7.38. The number of nitrogens with one attached hydrogen (secondary N) is 2. The van der Waals surface area contributed by atoms with Crippen LogP contribution in [0.4, 0.5) is 0 Å². The van der Waals surface area contributed by atoms with Crippen LogP contribution in [0.1, 0.15) is 22.5 Å². The number of ether oxygens (including phenoxy) is 1. The molecule has 0 fully saturated rings. The van der Waals surface area contributed by atoms with Crippen LogP contribution in [0.2, 0.25) is 0 Å². The molecule has 0 aliphatic heterocycles. The first-order valence-corrected chi connectivity index (χ1v) is 9.53. The number of aryl methyl sites for hydroxylation is 2. The van der Waals surface area contributed by atoms with E-state index in [1.807, 2.05) is 38.1 Å². The van der Waals surface area contributed by atoms with Crippen molar-refractivity contribution in [3.63, 3.8) is 0 Å². The summed E-state index contributed by atoms with van der Waals surface area (Å²) < 4.78 is 6.74. The van der Waals surface area contributed by atoms with E-state index in [2.05, 4.69) is 43.5 Å². The Morgan fingerprint density at radius 2 is 1.96 bits per heavy atom. The minimum Gasteiger partial charge on any atom is -0.492 e. The van der Waals surface area contributed by atoms with Gasteiger partial charge in [-0.2, -0.15) is 0 Å². The molecule has 0 aliphatic rings. The molecular formula is C17H24BrIN4OS. The third kappa shape index (κ3) is 7.91. The fraction of sp³-hybridized carbons (Fsp3) is 0.412. The van der Waals surface area contributed by atoms with Crippen molar-refractivity contribution in [2.24, 2.45) is 4.99 Å². The topological polar surface area (TPSA) is 58.5 Å². The molecule has 1 aromatic carbocycles. The molecule has 0 bridgehead atoms. The highest BCUT2D eigenvalue weighted by atomic mass is 127. The van der Waals surface area contributed by atoms with E-state index in [0.29, 0.717) is 19.7 Å². The van der Waals surface area contributed by atoms with Gasteiger partial charge in [0.2, 0.25) is 0 Å². The summed E-state index contributed by atoms with van der Waals surface area (Å²) in [5, 5.41) is 7.55. The molecule has 0 saturated heterocycles. The molecular weight excluding hydrogens is 515 g/mol. The number of benzene rings is 1. The van der Waals surface area contributed by atoms with Crippen molar-refractivity contribution in [1.29, 1.82) is 0 Å². The molecule has 0 spiro atoms. The number of aliphatic imine (C=N–C) groups is 1. The van der Waals surface area contributed by atoms with Crippen LogP contribution in [-0.4, -0.2) is 30.6 Å². The number of aromatic nitrogens is 1. The lowest BCUT2D eigenvalue weighted by molar-refractivity contribution is 0.322. The molecule has 0 radical (unpaired) electrons. The van der Waals surface area contributed by atoms with Gasteiger partial charge in [-0.1, -0.05) is 15.9 Å². The number of hydrogen-bond donors (Lipinski definition) is 2. The summed E-state index contributed by atoms with van der Waals surface area (Å²) in [5.74, 6) is 1.64. The molecule has 0 aliphatic carbocycles. The SMILES string of the molecule is CCNC(=NCc1nc(C)c(C)s1)NCCOc1ccc(Br)cc1.I. The number of thiazole rings is 1. The number of nitrogens with zero attached hydrogens (tertiary/aromatic N) is 2. The Balaban J connectivity index is 0.00000312. The van der Waals surface area contributed by atoms with Crippen molar-refractivity contribution in [3.05, 3.63) is 44.3 Å². The van der Waals surface area contributed by atoms with Crippen molar-refractivity contribution < 1.29 is 4.74 Å². The molecule has 8 heteroatoms. The van der Waals surface area contributed by atoms with Gasteiger partial charge in [0, 0.05) is 15.9 Å². The van der Waals surface area contributed by atoms with Crippen LogP contribution in [0.3, 0.4) is 0 Å². The lowest BCUT2D eigenvalue weighted by atomic mass is 10.3. The van der Waals surface area contributed by atoms with Gasteiger partial charge in [0.25, 0.3) is 0 Å². The van der Waals surface area contributed by atoms with Crippen LogP contribution < -0.4 is 15.4 Å². The number of halogens is 2. The van der Waals surface area contributed by atoms with Crippen LogP contribution in [0, 0.1) is 13.8 Å². The van der Waals surface area contributed by atoms with E-state index in [1.54, 1.807) is 11.3 Å². The first-order chi connectivity index (χ1) is 11.6.